The minimum Gasteiger partial charge on any atom is -0.480 e. The zero-order chi connectivity index (χ0) is 16.1. The van der Waals surface area contributed by atoms with Gasteiger partial charge in [-0.2, -0.15) is 0 Å². The number of aliphatic carboxylic acids is 1. The number of esters is 1. The van der Waals surface area contributed by atoms with Gasteiger partial charge in [-0.3, -0.25) is 4.79 Å². The molecule has 1 atom stereocenters. The second-order valence-electron chi connectivity index (χ2n) is 4.88. The molecule has 0 aromatic heterocycles. The molecule has 0 saturated carbocycles. The summed E-state index contributed by atoms with van der Waals surface area (Å²) in [5, 5.41) is 8.97. The number of hydrogen-bond acceptors (Lipinski definition) is 4. The van der Waals surface area contributed by atoms with Crippen LogP contribution < -0.4 is 5.73 Å². The van der Waals surface area contributed by atoms with Crippen LogP contribution in [-0.4, -0.2) is 30.2 Å². The van der Waals surface area contributed by atoms with Crippen LogP contribution in [0, 0.1) is 0 Å². The standard InChI is InChI=1S/C17H17NO4/c1-22-17(21)13-7-4-6-11(9-13)14-8-3-2-5-12(14)10-15(18)16(19)20/h2-9,15H,10,18H2,1H3,(H,19,20). The van der Waals surface area contributed by atoms with Crippen molar-refractivity contribution in [3.8, 4) is 11.1 Å². The number of rotatable bonds is 5. The first-order valence-electron chi connectivity index (χ1n) is 6.78. The summed E-state index contributed by atoms with van der Waals surface area (Å²) in [4.78, 5) is 22.6. The van der Waals surface area contributed by atoms with Crippen LogP contribution in [0.1, 0.15) is 15.9 Å². The summed E-state index contributed by atoms with van der Waals surface area (Å²) in [7, 11) is 1.33. The summed E-state index contributed by atoms with van der Waals surface area (Å²) < 4.78 is 4.72. The highest BCUT2D eigenvalue weighted by atomic mass is 16.5. The molecule has 0 fully saturated rings. The molecule has 0 amide bonds. The Kier molecular flexibility index (Phi) is 4.91. The van der Waals surface area contributed by atoms with Gasteiger partial charge in [-0.05, 0) is 35.2 Å². The van der Waals surface area contributed by atoms with Gasteiger partial charge in [0.2, 0.25) is 0 Å². The summed E-state index contributed by atoms with van der Waals surface area (Å²) >= 11 is 0. The quantitative estimate of drug-likeness (QED) is 0.825. The first-order chi connectivity index (χ1) is 10.5. The lowest BCUT2D eigenvalue weighted by Gasteiger charge is -2.12. The number of carboxylic acids is 1. The summed E-state index contributed by atoms with van der Waals surface area (Å²) in [6.07, 6.45) is 0.216. The molecule has 2 rings (SSSR count). The van der Waals surface area contributed by atoms with E-state index in [9.17, 15) is 9.59 Å². The highest BCUT2D eigenvalue weighted by molar-refractivity contribution is 5.91. The Bertz CT molecular complexity index is 697. The van der Waals surface area contributed by atoms with Gasteiger partial charge in [0, 0.05) is 0 Å². The Hall–Kier alpha value is -2.66. The molecule has 22 heavy (non-hydrogen) atoms. The van der Waals surface area contributed by atoms with Crippen molar-refractivity contribution in [3.63, 3.8) is 0 Å². The van der Waals surface area contributed by atoms with Crippen LogP contribution >= 0.6 is 0 Å². The third kappa shape index (κ3) is 3.51. The number of hydrogen-bond donors (Lipinski definition) is 2. The zero-order valence-corrected chi connectivity index (χ0v) is 12.2. The van der Waals surface area contributed by atoms with E-state index in [0.29, 0.717) is 5.56 Å². The summed E-state index contributed by atoms with van der Waals surface area (Å²) in [6, 6.07) is 13.4. The SMILES string of the molecule is COC(=O)c1cccc(-c2ccccc2CC(N)C(=O)O)c1. The fourth-order valence-electron chi connectivity index (χ4n) is 2.24. The lowest BCUT2D eigenvalue weighted by Crippen LogP contribution is -2.32. The van der Waals surface area contributed by atoms with E-state index in [-0.39, 0.29) is 6.42 Å². The molecule has 2 aromatic rings. The van der Waals surface area contributed by atoms with Crippen LogP contribution in [0.15, 0.2) is 48.5 Å². The van der Waals surface area contributed by atoms with Gasteiger partial charge in [0.15, 0.2) is 0 Å². The van der Waals surface area contributed by atoms with Crippen LogP contribution in [0.25, 0.3) is 11.1 Å². The number of methoxy groups -OCH3 is 1. The predicted molar refractivity (Wildman–Crippen MR) is 82.5 cm³/mol. The van der Waals surface area contributed by atoms with Crippen molar-refractivity contribution in [2.75, 3.05) is 7.11 Å². The molecule has 1 unspecified atom stereocenters. The maximum Gasteiger partial charge on any atom is 0.337 e. The van der Waals surface area contributed by atoms with Gasteiger partial charge in [-0.15, -0.1) is 0 Å². The zero-order valence-electron chi connectivity index (χ0n) is 12.2. The second kappa shape index (κ2) is 6.87. The molecule has 0 bridgehead atoms. The fraction of sp³-hybridized carbons (Fsp3) is 0.176. The number of nitrogens with two attached hydrogens (primary N) is 1. The maximum atomic E-state index is 11.6. The van der Waals surface area contributed by atoms with Crippen molar-refractivity contribution in [2.45, 2.75) is 12.5 Å². The van der Waals surface area contributed by atoms with E-state index >= 15 is 0 Å². The monoisotopic (exact) mass is 299 g/mol. The van der Waals surface area contributed by atoms with Gasteiger partial charge in [-0.25, -0.2) is 4.79 Å². The van der Waals surface area contributed by atoms with Gasteiger partial charge < -0.3 is 15.6 Å². The molecule has 5 nitrogen and oxygen atoms in total. The van der Waals surface area contributed by atoms with E-state index in [1.54, 1.807) is 18.2 Å². The van der Waals surface area contributed by atoms with Crippen LogP contribution in [0.3, 0.4) is 0 Å². The maximum absolute atomic E-state index is 11.6. The van der Waals surface area contributed by atoms with Crippen molar-refractivity contribution in [1.82, 2.24) is 0 Å². The molecule has 0 aliphatic rings. The third-order valence-corrected chi connectivity index (χ3v) is 3.37. The Balaban J connectivity index is 2.41. The van der Waals surface area contributed by atoms with Crippen molar-refractivity contribution < 1.29 is 19.4 Å². The molecule has 5 heteroatoms. The van der Waals surface area contributed by atoms with E-state index in [2.05, 4.69) is 0 Å². The molecule has 114 valence electrons. The third-order valence-electron chi connectivity index (χ3n) is 3.37. The van der Waals surface area contributed by atoms with Gasteiger partial charge in [0.1, 0.15) is 6.04 Å². The largest absolute Gasteiger partial charge is 0.480 e. The highest BCUT2D eigenvalue weighted by Gasteiger charge is 2.15. The van der Waals surface area contributed by atoms with Crippen molar-refractivity contribution in [2.24, 2.45) is 5.73 Å². The molecule has 3 N–H and O–H groups in total. The van der Waals surface area contributed by atoms with Gasteiger partial charge in [-0.1, -0.05) is 36.4 Å². The molecular weight excluding hydrogens is 282 g/mol. The Morgan fingerprint density at radius 3 is 2.59 bits per heavy atom. The molecule has 0 heterocycles. The summed E-state index contributed by atoms with van der Waals surface area (Å²) in [5.74, 6) is -1.46. The number of carbonyl (C=O) groups excluding carboxylic acids is 1. The van der Waals surface area contributed by atoms with Gasteiger partial charge in [0.25, 0.3) is 0 Å². The topological polar surface area (TPSA) is 89.6 Å². The van der Waals surface area contributed by atoms with Crippen LogP contribution in [0.2, 0.25) is 0 Å². The molecule has 0 spiro atoms. The van der Waals surface area contributed by atoms with E-state index in [1.165, 1.54) is 7.11 Å². The summed E-state index contributed by atoms with van der Waals surface area (Å²) in [6.45, 7) is 0. The predicted octanol–water partition coefficient (Wildman–Crippen LogP) is 2.09. The van der Waals surface area contributed by atoms with E-state index < -0.39 is 18.0 Å². The van der Waals surface area contributed by atoms with Crippen LogP contribution in [0.5, 0.6) is 0 Å². The molecule has 0 saturated heterocycles. The number of carbonyl (C=O) groups is 2. The molecule has 0 radical (unpaired) electrons. The Labute approximate surface area is 128 Å². The fourth-order valence-corrected chi connectivity index (χ4v) is 2.24. The van der Waals surface area contributed by atoms with Crippen molar-refractivity contribution in [3.05, 3.63) is 59.7 Å². The summed E-state index contributed by atoms with van der Waals surface area (Å²) in [5.41, 5.74) is 8.55. The lowest BCUT2D eigenvalue weighted by atomic mass is 9.94. The van der Waals surface area contributed by atoms with E-state index in [0.717, 1.165) is 16.7 Å². The molecular formula is C17H17NO4. The van der Waals surface area contributed by atoms with Gasteiger partial charge >= 0.3 is 11.9 Å². The molecule has 0 aliphatic heterocycles. The normalized spacial score (nSPS) is 11.7. The van der Waals surface area contributed by atoms with Crippen LogP contribution in [0.4, 0.5) is 0 Å². The van der Waals surface area contributed by atoms with Crippen LogP contribution in [-0.2, 0) is 16.0 Å². The smallest absolute Gasteiger partial charge is 0.337 e. The molecule has 0 aliphatic carbocycles. The van der Waals surface area contributed by atoms with E-state index in [1.807, 2.05) is 30.3 Å². The Morgan fingerprint density at radius 1 is 1.18 bits per heavy atom. The van der Waals surface area contributed by atoms with E-state index in [4.69, 9.17) is 15.6 Å². The average molecular weight is 299 g/mol. The Morgan fingerprint density at radius 2 is 1.91 bits per heavy atom. The first-order valence-corrected chi connectivity index (χ1v) is 6.78. The number of carboxylic acid groups (broad SMARTS) is 1. The van der Waals surface area contributed by atoms with Crippen molar-refractivity contribution in [1.29, 1.82) is 0 Å². The van der Waals surface area contributed by atoms with Crippen molar-refractivity contribution >= 4 is 11.9 Å². The van der Waals surface area contributed by atoms with Gasteiger partial charge in [0.05, 0.1) is 12.7 Å². The first kappa shape index (κ1) is 15.7. The number of ether oxygens (including phenoxy) is 1. The second-order valence-corrected chi connectivity index (χ2v) is 4.88. The number of benzene rings is 2. The minimum absolute atomic E-state index is 0.216. The average Bonchev–Trinajstić information content (AvgIpc) is 2.54. The molecule has 2 aromatic carbocycles. The minimum atomic E-state index is -1.04. The highest BCUT2D eigenvalue weighted by Crippen LogP contribution is 2.25. The lowest BCUT2D eigenvalue weighted by molar-refractivity contribution is -0.138.